The molecule has 0 aliphatic heterocycles. The van der Waals surface area contributed by atoms with Crippen molar-refractivity contribution < 1.29 is 14.0 Å². The van der Waals surface area contributed by atoms with E-state index >= 15 is 0 Å². The summed E-state index contributed by atoms with van der Waals surface area (Å²) < 4.78 is 6.55. The number of carbonyl (C=O) groups excluding carboxylic acids is 2. The van der Waals surface area contributed by atoms with E-state index in [0.717, 1.165) is 10.9 Å². The Bertz CT molecular complexity index is 812. The van der Waals surface area contributed by atoms with Gasteiger partial charge in [-0.15, -0.1) is 0 Å². The first-order valence-electron chi connectivity index (χ1n) is 7.28. The largest absolute Gasteiger partial charge is 0.455 e. The number of amides is 1. The number of carbonyl (C=O) groups is 2. The number of Topliss-reactive ketones (excluding diaryl/α,β-unsaturated/α-hetero) is 1. The second-order valence-corrected chi connectivity index (χ2v) is 6.91. The number of fused-ring (bicyclic) bond motifs is 1. The molecule has 1 aliphatic carbocycles. The molecule has 0 saturated carbocycles. The van der Waals surface area contributed by atoms with E-state index in [0.29, 0.717) is 40.4 Å². The zero-order valence-electron chi connectivity index (χ0n) is 12.8. The van der Waals surface area contributed by atoms with E-state index in [9.17, 15) is 9.59 Å². The van der Waals surface area contributed by atoms with Crippen LogP contribution in [-0.4, -0.2) is 18.7 Å². The highest BCUT2D eigenvalue weighted by atomic mass is 79.9. The Hall–Kier alpha value is -1.59. The highest BCUT2D eigenvalue weighted by molar-refractivity contribution is 9.10. The molecule has 6 heteroatoms. The van der Waals surface area contributed by atoms with Crippen LogP contribution in [0, 0.1) is 6.92 Å². The molecule has 0 unspecified atom stereocenters. The van der Waals surface area contributed by atoms with Crippen LogP contribution >= 0.6 is 27.5 Å². The summed E-state index contributed by atoms with van der Waals surface area (Å²) >= 11 is 9.55. The molecule has 1 aliphatic rings. The number of benzene rings is 1. The minimum Gasteiger partial charge on any atom is -0.455 e. The van der Waals surface area contributed by atoms with E-state index in [1.807, 2.05) is 6.07 Å². The van der Waals surface area contributed by atoms with E-state index < -0.39 is 0 Å². The lowest BCUT2D eigenvalue weighted by atomic mass is 9.94. The third-order valence-electron chi connectivity index (χ3n) is 4.08. The summed E-state index contributed by atoms with van der Waals surface area (Å²) in [7, 11) is 1.64. The van der Waals surface area contributed by atoms with Crippen LogP contribution in [-0.2, 0) is 6.42 Å². The maximum atomic E-state index is 12.8. The van der Waals surface area contributed by atoms with Gasteiger partial charge in [0.2, 0.25) is 0 Å². The number of hydrogen-bond acceptors (Lipinski definition) is 3. The number of hydrogen-bond donors (Lipinski definition) is 0. The van der Waals surface area contributed by atoms with Gasteiger partial charge in [-0.3, -0.25) is 9.59 Å². The van der Waals surface area contributed by atoms with Gasteiger partial charge < -0.3 is 9.32 Å². The van der Waals surface area contributed by atoms with Crippen LogP contribution in [0.5, 0.6) is 0 Å². The Kier molecular flexibility index (Phi) is 4.34. The predicted octanol–water partition coefficient (Wildman–Crippen LogP) is 4.80. The van der Waals surface area contributed by atoms with Gasteiger partial charge >= 0.3 is 0 Å². The Labute approximate surface area is 147 Å². The summed E-state index contributed by atoms with van der Waals surface area (Å²) in [6.07, 6.45) is 1.97. The third-order valence-corrected chi connectivity index (χ3v) is 4.87. The standard InChI is InChI=1S/C17H15BrClNO3/c1-9-15-13(21)4-3-5-14(15)23-16(9)17(22)20(2)12-7-6-10(18)8-11(12)19/h6-8H,3-5H2,1-2H3. The molecule has 0 atom stereocenters. The van der Waals surface area contributed by atoms with Gasteiger partial charge in [0.1, 0.15) is 5.76 Å². The quantitative estimate of drug-likeness (QED) is 0.732. The van der Waals surface area contributed by atoms with Crippen molar-refractivity contribution in [3.63, 3.8) is 0 Å². The number of halogens is 2. The topological polar surface area (TPSA) is 50.5 Å². The number of ketones is 1. The highest BCUT2D eigenvalue weighted by Gasteiger charge is 2.30. The number of furan rings is 1. The summed E-state index contributed by atoms with van der Waals surface area (Å²) in [6.45, 7) is 1.76. The molecule has 1 amide bonds. The molecular formula is C17H15BrClNO3. The maximum absolute atomic E-state index is 12.8. The van der Waals surface area contributed by atoms with Gasteiger partial charge in [0.05, 0.1) is 16.3 Å². The fraction of sp³-hybridized carbons (Fsp3) is 0.294. The van der Waals surface area contributed by atoms with Gasteiger partial charge in [-0.25, -0.2) is 0 Å². The fourth-order valence-electron chi connectivity index (χ4n) is 2.87. The number of rotatable bonds is 2. The lowest BCUT2D eigenvalue weighted by molar-refractivity contribution is 0.0953. The predicted molar refractivity (Wildman–Crippen MR) is 92.6 cm³/mol. The smallest absolute Gasteiger partial charge is 0.294 e. The molecule has 2 aromatic rings. The van der Waals surface area contributed by atoms with Crippen molar-refractivity contribution in [1.29, 1.82) is 0 Å². The maximum Gasteiger partial charge on any atom is 0.294 e. The molecule has 23 heavy (non-hydrogen) atoms. The van der Waals surface area contributed by atoms with E-state index in [1.54, 1.807) is 26.1 Å². The number of nitrogens with zero attached hydrogens (tertiary/aromatic N) is 1. The zero-order valence-corrected chi connectivity index (χ0v) is 15.1. The van der Waals surface area contributed by atoms with Gasteiger partial charge in [-0.1, -0.05) is 27.5 Å². The van der Waals surface area contributed by atoms with Crippen molar-refractivity contribution in [2.45, 2.75) is 26.2 Å². The van der Waals surface area contributed by atoms with Crippen molar-refractivity contribution >= 4 is 44.9 Å². The molecular weight excluding hydrogens is 382 g/mol. The first-order valence-corrected chi connectivity index (χ1v) is 8.45. The minimum atomic E-state index is -0.311. The SMILES string of the molecule is Cc1c(C(=O)N(C)c2ccc(Br)cc2Cl)oc2c1C(=O)CCC2. The lowest BCUT2D eigenvalue weighted by Crippen LogP contribution is -2.26. The first-order chi connectivity index (χ1) is 10.9. The molecule has 0 radical (unpaired) electrons. The van der Waals surface area contributed by atoms with E-state index in [2.05, 4.69) is 15.9 Å². The summed E-state index contributed by atoms with van der Waals surface area (Å²) in [5.41, 5.74) is 1.78. The Morgan fingerprint density at radius 3 is 2.74 bits per heavy atom. The third kappa shape index (κ3) is 2.83. The van der Waals surface area contributed by atoms with Crippen LogP contribution in [0.4, 0.5) is 5.69 Å². The minimum absolute atomic E-state index is 0.0517. The summed E-state index contributed by atoms with van der Waals surface area (Å²) in [5, 5.41) is 0.459. The molecule has 0 spiro atoms. The van der Waals surface area contributed by atoms with Crippen molar-refractivity contribution in [1.82, 2.24) is 0 Å². The summed E-state index contributed by atoms with van der Waals surface area (Å²) in [5.74, 6) is 0.578. The van der Waals surface area contributed by atoms with Crippen LogP contribution in [0.2, 0.25) is 5.02 Å². The fourth-order valence-corrected chi connectivity index (χ4v) is 3.67. The van der Waals surface area contributed by atoms with Crippen LogP contribution in [0.1, 0.15) is 45.1 Å². The Morgan fingerprint density at radius 2 is 2.09 bits per heavy atom. The molecule has 4 nitrogen and oxygen atoms in total. The van der Waals surface area contributed by atoms with E-state index in [-0.39, 0.29) is 17.5 Å². The average Bonchev–Trinajstić information content (AvgIpc) is 2.84. The lowest BCUT2D eigenvalue weighted by Gasteiger charge is -2.18. The molecule has 0 fully saturated rings. The molecule has 3 rings (SSSR count). The van der Waals surface area contributed by atoms with Crippen molar-refractivity contribution in [3.8, 4) is 0 Å². The van der Waals surface area contributed by atoms with E-state index in [4.69, 9.17) is 16.0 Å². The molecule has 0 bridgehead atoms. The van der Waals surface area contributed by atoms with Crippen LogP contribution in [0.25, 0.3) is 0 Å². The van der Waals surface area contributed by atoms with Crippen molar-refractivity contribution in [3.05, 3.63) is 50.3 Å². The second kappa shape index (κ2) is 6.13. The number of aryl methyl sites for hydroxylation is 1. The first kappa shape index (κ1) is 16.3. The van der Waals surface area contributed by atoms with E-state index in [1.165, 1.54) is 4.90 Å². The summed E-state index contributed by atoms with van der Waals surface area (Å²) in [4.78, 5) is 26.3. The normalized spacial score (nSPS) is 13.8. The average molecular weight is 397 g/mol. The van der Waals surface area contributed by atoms with Gasteiger partial charge in [-0.2, -0.15) is 0 Å². The number of anilines is 1. The summed E-state index contributed by atoms with van der Waals surface area (Å²) in [6, 6.07) is 5.30. The monoisotopic (exact) mass is 395 g/mol. The van der Waals surface area contributed by atoms with Crippen molar-refractivity contribution in [2.24, 2.45) is 0 Å². The van der Waals surface area contributed by atoms with Crippen molar-refractivity contribution in [2.75, 3.05) is 11.9 Å². The van der Waals surface area contributed by atoms with Crippen LogP contribution in [0.3, 0.4) is 0 Å². The van der Waals surface area contributed by atoms with Gasteiger partial charge in [0.15, 0.2) is 11.5 Å². The zero-order chi connectivity index (χ0) is 16.7. The second-order valence-electron chi connectivity index (χ2n) is 5.59. The molecule has 1 aromatic heterocycles. The molecule has 1 aromatic carbocycles. The molecule has 1 heterocycles. The molecule has 0 N–H and O–H groups in total. The van der Waals surface area contributed by atoms with Gasteiger partial charge in [0, 0.05) is 29.9 Å². The highest BCUT2D eigenvalue weighted by Crippen LogP contribution is 2.33. The van der Waals surface area contributed by atoms with Crippen LogP contribution in [0.15, 0.2) is 27.1 Å². The molecule has 0 saturated heterocycles. The Balaban J connectivity index is 1.99. The van der Waals surface area contributed by atoms with Gasteiger partial charge in [0.25, 0.3) is 5.91 Å². The Morgan fingerprint density at radius 1 is 1.35 bits per heavy atom. The molecule has 120 valence electrons. The van der Waals surface area contributed by atoms with Crippen LogP contribution < -0.4 is 4.90 Å². The van der Waals surface area contributed by atoms with Gasteiger partial charge in [-0.05, 0) is 31.5 Å².